The highest BCUT2D eigenvalue weighted by molar-refractivity contribution is 6.33. The lowest BCUT2D eigenvalue weighted by Crippen LogP contribution is -2.55. The molecule has 2 aromatic carbocycles. The number of hydrogen-bond donors (Lipinski definition) is 3. The van der Waals surface area contributed by atoms with Crippen molar-refractivity contribution in [2.75, 3.05) is 74.6 Å². The molecule has 0 bridgehead atoms. The molecule has 65 heavy (non-hydrogen) atoms. The van der Waals surface area contributed by atoms with Gasteiger partial charge >= 0.3 is 0 Å². The second-order valence-electron chi connectivity index (χ2n) is 17.9. The number of amides is 4. The molecule has 3 saturated heterocycles. The minimum atomic E-state index is -0.778. The summed E-state index contributed by atoms with van der Waals surface area (Å²) in [6.45, 7) is 8.78. The van der Waals surface area contributed by atoms with E-state index in [2.05, 4.69) is 30.7 Å². The Labute approximate surface area is 380 Å². The van der Waals surface area contributed by atoms with E-state index in [4.69, 9.17) is 26.1 Å². The van der Waals surface area contributed by atoms with Gasteiger partial charge in [-0.05, 0) is 88.3 Å². The molecule has 0 radical (unpaired) electrons. The van der Waals surface area contributed by atoms with E-state index in [0.29, 0.717) is 58.8 Å². The average Bonchev–Trinajstić information content (AvgIpc) is 3.62. The van der Waals surface area contributed by atoms with Crippen molar-refractivity contribution < 1.29 is 33.0 Å². The van der Waals surface area contributed by atoms with E-state index < -0.39 is 17.8 Å². The van der Waals surface area contributed by atoms with Gasteiger partial charge in [0, 0.05) is 93.6 Å². The predicted octanol–water partition coefficient (Wildman–Crippen LogP) is 4.38. The highest BCUT2D eigenvalue weighted by Gasteiger charge is 2.42. The Balaban J connectivity index is 0.727. The zero-order valence-electron chi connectivity index (χ0n) is 36.8. The fourth-order valence-electron chi connectivity index (χ4n) is 9.76. The largest absolute Gasteiger partial charge is 0.478 e. The number of aromatic nitrogens is 3. The summed E-state index contributed by atoms with van der Waals surface area (Å²) < 4.78 is 29.6. The lowest BCUT2D eigenvalue weighted by molar-refractivity contribution is -0.137. The van der Waals surface area contributed by atoms with Crippen LogP contribution in [-0.2, 0) is 25.7 Å². The van der Waals surface area contributed by atoms with Crippen LogP contribution in [0.3, 0.4) is 0 Å². The number of pyridine rings is 1. The van der Waals surface area contributed by atoms with Gasteiger partial charge in [0.2, 0.25) is 17.8 Å². The van der Waals surface area contributed by atoms with Crippen LogP contribution in [0.2, 0.25) is 5.02 Å². The number of likely N-dealkylation sites (N-methyl/N-ethyl adjacent to an activating group) is 1. The van der Waals surface area contributed by atoms with Crippen molar-refractivity contribution in [3.63, 3.8) is 0 Å². The van der Waals surface area contributed by atoms with E-state index in [1.54, 1.807) is 29.0 Å². The SMILES string of the molecule is CNC(=O)COc1cc2cc(Nc3nc(N4CCC(OCC5CC(N6CCN(c7ccc8c(c7F)CN(C7CCC(=O)NC7=O)C8=O)CC6)C5)CC4)ncc3Cl)ccc2n(C(C)C)c1=O. The van der Waals surface area contributed by atoms with E-state index >= 15 is 4.39 Å². The normalized spacial score (nSPS) is 21.7. The quantitative estimate of drug-likeness (QED) is 0.161. The van der Waals surface area contributed by atoms with Crippen LogP contribution in [0.4, 0.5) is 27.5 Å². The maximum atomic E-state index is 16.0. The molecule has 1 aliphatic carbocycles. The number of piperazine rings is 1. The van der Waals surface area contributed by atoms with Gasteiger partial charge in [-0.15, -0.1) is 0 Å². The number of hydrogen-bond acceptors (Lipinski definition) is 13. The summed E-state index contributed by atoms with van der Waals surface area (Å²) in [6.07, 6.45) is 5.97. The molecule has 1 unspecified atom stereocenters. The van der Waals surface area contributed by atoms with Gasteiger partial charge in [-0.3, -0.25) is 34.2 Å². The standard InChI is InChI=1S/C46H54ClFN10O7/c1-26(2)58-35-6-4-29(20-28(35)21-38(45(58)63)65-25-40(60)49-3)51-42-34(47)22-50-46(53-42)56-12-10-31(11-13-56)64-24-27-18-30(19-27)54-14-16-55(17-15-54)36-7-5-32-33(41(36)48)23-57(44(32)62)37-8-9-39(59)52-43(37)61/h4-7,20-22,26-27,30-31,37H,8-19,23-25H2,1-3H3,(H,49,60)(H,50,51,53)(H,52,59,61). The first-order valence-electron chi connectivity index (χ1n) is 22.5. The molecule has 5 aliphatic rings. The summed E-state index contributed by atoms with van der Waals surface area (Å²) >= 11 is 6.59. The Morgan fingerprint density at radius 3 is 2.48 bits per heavy atom. The molecule has 19 heteroatoms. The van der Waals surface area contributed by atoms with E-state index in [1.165, 1.54) is 11.9 Å². The Bertz CT molecular complexity index is 2570. The van der Waals surface area contributed by atoms with Gasteiger partial charge < -0.3 is 39.4 Å². The van der Waals surface area contributed by atoms with Gasteiger partial charge in [-0.1, -0.05) is 11.6 Å². The molecule has 4 aromatic rings. The van der Waals surface area contributed by atoms with Crippen molar-refractivity contribution in [2.24, 2.45) is 5.92 Å². The first-order chi connectivity index (χ1) is 31.3. The van der Waals surface area contributed by atoms with Gasteiger partial charge in [-0.2, -0.15) is 4.98 Å². The molecule has 17 nitrogen and oxygen atoms in total. The minimum absolute atomic E-state index is 0.0173. The summed E-state index contributed by atoms with van der Waals surface area (Å²) in [7, 11) is 1.51. The number of carbonyl (C=O) groups is 4. The molecule has 4 fully saturated rings. The third-order valence-electron chi connectivity index (χ3n) is 13.5. The first kappa shape index (κ1) is 44.4. The Morgan fingerprint density at radius 2 is 1.75 bits per heavy atom. The fourth-order valence-corrected chi connectivity index (χ4v) is 9.90. The van der Waals surface area contributed by atoms with Gasteiger partial charge in [0.1, 0.15) is 11.1 Å². The molecule has 344 valence electrons. The number of rotatable bonds is 13. The number of anilines is 4. The zero-order chi connectivity index (χ0) is 45.5. The number of carbonyl (C=O) groups excluding carboxylic acids is 4. The molecule has 1 saturated carbocycles. The zero-order valence-corrected chi connectivity index (χ0v) is 37.5. The van der Waals surface area contributed by atoms with E-state index in [1.807, 2.05) is 36.9 Å². The van der Waals surface area contributed by atoms with Gasteiger partial charge in [0.25, 0.3) is 17.4 Å². The number of ether oxygens (including phenoxy) is 2. The lowest BCUT2D eigenvalue weighted by Gasteiger charge is -2.47. The Hall–Kier alpha value is -5.85. The summed E-state index contributed by atoms with van der Waals surface area (Å²) in [5.74, 6) is -0.371. The smallest absolute Gasteiger partial charge is 0.293 e. The van der Waals surface area contributed by atoms with Crippen molar-refractivity contribution in [1.82, 2.24) is 35.0 Å². The number of halogens is 2. The number of imide groups is 1. The van der Waals surface area contributed by atoms with Crippen LogP contribution in [-0.4, -0.2) is 126 Å². The van der Waals surface area contributed by atoms with E-state index in [9.17, 15) is 24.0 Å². The minimum Gasteiger partial charge on any atom is -0.478 e. The molecule has 4 amide bonds. The van der Waals surface area contributed by atoms with Crippen LogP contribution < -0.4 is 36.0 Å². The molecule has 0 spiro atoms. The highest BCUT2D eigenvalue weighted by Crippen LogP contribution is 2.37. The highest BCUT2D eigenvalue weighted by atomic mass is 35.5. The first-order valence-corrected chi connectivity index (χ1v) is 22.9. The molecule has 9 rings (SSSR count). The summed E-state index contributed by atoms with van der Waals surface area (Å²) in [5, 5.41) is 9.23. The molecule has 6 heterocycles. The van der Waals surface area contributed by atoms with Gasteiger partial charge in [0.15, 0.2) is 24.0 Å². The van der Waals surface area contributed by atoms with Crippen LogP contribution in [0.1, 0.15) is 74.3 Å². The van der Waals surface area contributed by atoms with E-state index in [-0.39, 0.29) is 72.7 Å². The van der Waals surface area contributed by atoms with Crippen molar-refractivity contribution >= 4 is 69.3 Å². The van der Waals surface area contributed by atoms with Crippen LogP contribution in [0.15, 0.2) is 47.4 Å². The third-order valence-corrected chi connectivity index (χ3v) is 13.7. The van der Waals surface area contributed by atoms with Crippen LogP contribution in [0, 0.1) is 11.7 Å². The number of nitrogens with one attached hydrogen (secondary N) is 3. The maximum Gasteiger partial charge on any atom is 0.293 e. The number of nitrogens with zero attached hydrogens (tertiary/aromatic N) is 7. The second-order valence-corrected chi connectivity index (χ2v) is 18.3. The molecule has 4 aliphatic heterocycles. The fraction of sp³-hybridized carbons (Fsp3) is 0.500. The number of fused-ring (bicyclic) bond motifs is 2. The molecule has 3 N–H and O–H groups in total. The summed E-state index contributed by atoms with van der Waals surface area (Å²) in [5.41, 5.74) is 2.20. The van der Waals surface area contributed by atoms with Crippen molar-refractivity contribution in [3.8, 4) is 5.75 Å². The van der Waals surface area contributed by atoms with E-state index in [0.717, 1.165) is 69.4 Å². The average molecular weight is 913 g/mol. The van der Waals surface area contributed by atoms with Crippen molar-refractivity contribution in [1.29, 1.82) is 0 Å². The van der Waals surface area contributed by atoms with Crippen LogP contribution in [0.25, 0.3) is 10.9 Å². The van der Waals surface area contributed by atoms with Crippen molar-refractivity contribution in [3.05, 3.63) is 74.9 Å². The molecule has 2 aromatic heterocycles. The third kappa shape index (κ3) is 9.07. The second kappa shape index (κ2) is 18.6. The monoisotopic (exact) mass is 912 g/mol. The maximum absolute atomic E-state index is 16.0. The topological polar surface area (TPSA) is 184 Å². The Morgan fingerprint density at radius 1 is 0.985 bits per heavy atom. The predicted molar refractivity (Wildman–Crippen MR) is 242 cm³/mol. The van der Waals surface area contributed by atoms with Crippen LogP contribution >= 0.6 is 11.6 Å². The van der Waals surface area contributed by atoms with Gasteiger partial charge in [-0.25, -0.2) is 9.37 Å². The number of benzene rings is 2. The summed E-state index contributed by atoms with van der Waals surface area (Å²) in [6, 6.07) is 10.2. The molecular formula is C46H54ClFN10O7. The lowest BCUT2D eigenvalue weighted by atomic mass is 9.79. The summed E-state index contributed by atoms with van der Waals surface area (Å²) in [4.78, 5) is 79.7. The molecule has 1 atom stereocenters. The van der Waals surface area contributed by atoms with Crippen molar-refractivity contribution in [2.45, 2.75) is 83.1 Å². The number of piperidine rings is 2. The van der Waals surface area contributed by atoms with Crippen LogP contribution in [0.5, 0.6) is 5.75 Å². The molecular weight excluding hydrogens is 859 g/mol. The van der Waals surface area contributed by atoms with Gasteiger partial charge in [0.05, 0.1) is 30.0 Å². The Kier molecular flexibility index (Phi) is 12.7.